The van der Waals surface area contributed by atoms with Crippen molar-refractivity contribution in [3.05, 3.63) is 18.2 Å². The Labute approximate surface area is 116 Å². The third-order valence-corrected chi connectivity index (χ3v) is 4.67. The fourth-order valence-electron chi connectivity index (χ4n) is 1.26. The van der Waals surface area contributed by atoms with Gasteiger partial charge in [-0.2, -0.15) is 0 Å². The van der Waals surface area contributed by atoms with E-state index in [0.29, 0.717) is 17.2 Å². The zero-order valence-corrected chi connectivity index (χ0v) is 12.3. The number of hydrogen-bond donors (Lipinski definition) is 2. The van der Waals surface area contributed by atoms with Gasteiger partial charge in [-0.1, -0.05) is 0 Å². The van der Waals surface area contributed by atoms with E-state index in [-0.39, 0.29) is 16.6 Å². The Morgan fingerprint density at radius 2 is 2.16 bits per heavy atom. The average molecular weight is 304 g/mol. The number of nitrogens with one attached hydrogen (secondary N) is 1. The molecule has 0 spiro atoms. The molecule has 0 saturated carbocycles. The summed E-state index contributed by atoms with van der Waals surface area (Å²) in [6, 6.07) is 4.35. The summed E-state index contributed by atoms with van der Waals surface area (Å²) in [5.41, 5.74) is 6.17. The van der Waals surface area contributed by atoms with Crippen molar-refractivity contribution in [3.63, 3.8) is 0 Å². The Morgan fingerprint density at radius 1 is 1.47 bits per heavy atom. The number of anilines is 1. The van der Waals surface area contributed by atoms with Crippen molar-refractivity contribution >= 4 is 33.4 Å². The van der Waals surface area contributed by atoms with Gasteiger partial charge in [-0.05, 0) is 32.2 Å². The van der Waals surface area contributed by atoms with E-state index in [4.69, 9.17) is 10.5 Å². The Balaban J connectivity index is 2.90. The van der Waals surface area contributed by atoms with Gasteiger partial charge >= 0.3 is 5.97 Å². The predicted octanol–water partition coefficient (Wildman–Crippen LogP) is 0.832. The molecule has 1 rings (SSSR count). The highest BCUT2D eigenvalue weighted by atomic mass is 32.2. The van der Waals surface area contributed by atoms with Gasteiger partial charge < -0.3 is 10.5 Å². The number of hydrogen-bond acceptors (Lipinski definition) is 6. The van der Waals surface area contributed by atoms with E-state index in [1.807, 2.05) is 0 Å². The molecule has 0 aliphatic rings. The molecule has 3 N–H and O–H groups in total. The second-order valence-corrected chi connectivity index (χ2v) is 6.40. The number of carbonyl (C=O) groups excluding carboxylic acids is 1. The van der Waals surface area contributed by atoms with Gasteiger partial charge in [-0.15, -0.1) is 11.8 Å². The van der Waals surface area contributed by atoms with Crippen LogP contribution in [0.2, 0.25) is 0 Å². The van der Waals surface area contributed by atoms with Crippen LogP contribution in [0.3, 0.4) is 0 Å². The van der Waals surface area contributed by atoms with Gasteiger partial charge in [-0.25, -0.2) is 13.1 Å². The van der Waals surface area contributed by atoms with Gasteiger partial charge in [-0.3, -0.25) is 4.79 Å². The molecule has 0 saturated heterocycles. The molecule has 0 heterocycles. The van der Waals surface area contributed by atoms with Crippen LogP contribution in [-0.2, 0) is 19.6 Å². The third kappa shape index (κ3) is 4.41. The van der Waals surface area contributed by atoms with Crippen LogP contribution in [0.15, 0.2) is 28.0 Å². The number of esters is 1. The lowest BCUT2D eigenvalue weighted by atomic mass is 10.3. The summed E-state index contributed by atoms with van der Waals surface area (Å²) < 4.78 is 30.3. The third-order valence-electron chi connectivity index (χ3n) is 2.21. The Kier molecular flexibility index (Phi) is 5.64. The number of sulfonamides is 1. The van der Waals surface area contributed by atoms with E-state index in [1.54, 1.807) is 6.92 Å². The molecule has 0 aromatic heterocycles. The molecule has 0 aliphatic carbocycles. The van der Waals surface area contributed by atoms with E-state index in [0.717, 1.165) is 11.8 Å². The van der Waals surface area contributed by atoms with Crippen LogP contribution < -0.4 is 10.5 Å². The molecule has 0 atom stereocenters. The van der Waals surface area contributed by atoms with E-state index in [2.05, 4.69) is 4.72 Å². The zero-order valence-electron chi connectivity index (χ0n) is 10.7. The highest BCUT2D eigenvalue weighted by Gasteiger charge is 2.14. The fourth-order valence-corrected chi connectivity index (χ4v) is 2.90. The Hall–Kier alpha value is -1.25. The number of nitrogens with two attached hydrogens (primary N) is 1. The monoisotopic (exact) mass is 304 g/mol. The maximum absolute atomic E-state index is 11.7. The van der Waals surface area contributed by atoms with E-state index < -0.39 is 10.0 Å². The van der Waals surface area contributed by atoms with E-state index in [9.17, 15) is 13.2 Å². The summed E-state index contributed by atoms with van der Waals surface area (Å²) in [6.07, 6.45) is 0. The van der Waals surface area contributed by atoms with Crippen LogP contribution >= 0.6 is 11.8 Å². The van der Waals surface area contributed by atoms with Crippen molar-refractivity contribution in [2.45, 2.75) is 16.7 Å². The highest BCUT2D eigenvalue weighted by molar-refractivity contribution is 8.00. The number of thioether (sulfide) groups is 1. The first-order valence-electron chi connectivity index (χ1n) is 5.52. The molecule has 1 aromatic carbocycles. The summed E-state index contributed by atoms with van der Waals surface area (Å²) in [5, 5.41) is 0. The topological polar surface area (TPSA) is 98.5 Å². The van der Waals surface area contributed by atoms with Crippen LogP contribution in [0.25, 0.3) is 0 Å². The Bertz CT molecular complexity index is 558. The minimum Gasteiger partial charge on any atom is -0.465 e. The molecule has 0 unspecified atom stereocenters. The van der Waals surface area contributed by atoms with Crippen molar-refractivity contribution < 1.29 is 17.9 Å². The molecule has 0 bridgehead atoms. The second-order valence-electron chi connectivity index (χ2n) is 3.50. The summed E-state index contributed by atoms with van der Waals surface area (Å²) in [6.45, 7) is 2.03. The first-order valence-corrected chi connectivity index (χ1v) is 7.99. The van der Waals surface area contributed by atoms with Crippen molar-refractivity contribution in [2.75, 3.05) is 25.1 Å². The van der Waals surface area contributed by atoms with Crippen LogP contribution in [0.4, 0.5) is 5.69 Å². The normalized spacial score (nSPS) is 11.3. The SMILES string of the molecule is CCOC(=O)CSc1cc(S(=O)(=O)NC)ccc1N. The van der Waals surface area contributed by atoms with Crippen molar-refractivity contribution in [1.82, 2.24) is 4.72 Å². The molecule has 0 aliphatic heterocycles. The molecule has 19 heavy (non-hydrogen) atoms. The van der Waals surface area contributed by atoms with Gasteiger partial charge in [0.2, 0.25) is 10.0 Å². The standard InChI is InChI=1S/C11H16N2O4S2/c1-3-17-11(14)7-18-10-6-8(4-5-9(10)12)19(15,16)13-2/h4-6,13H,3,7,12H2,1-2H3. The van der Waals surface area contributed by atoms with Crippen LogP contribution in [0, 0.1) is 0 Å². The largest absolute Gasteiger partial charge is 0.465 e. The number of ether oxygens (including phenoxy) is 1. The Morgan fingerprint density at radius 3 is 2.74 bits per heavy atom. The lowest BCUT2D eigenvalue weighted by molar-refractivity contribution is -0.139. The molecular weight excluding hydrogens is 288 g/mol. The molecular formula is C11H16N2O4S2. The van der Waals surface area contributed by atoms with Crippen LogP contribution in [0.1, 0.15) is 6.92 Å². The summed E-state index contributed by atoms with van der Waals surface area (Å²) in [7, 11) is -2.19. The first-order chi connectivity index (χ1) is 8.90. The van der Waals surface area contributed by atoms with Gasteiger partial charge in [0.25, 0.3) is 0 Å². The minimum atomic E-state index is -3.52. The highest BCUT2D eigenvalue weighted by Crippen LogP contribution is 2.27. The van der Waals surface area contributed by atoms with Crippen molar-refractivity contribution in [2.24, 2.45) is 0 Å². The van der Waals surface area contributed by atoms with E-state index in [1.165, 1.54) is 25.2 Å². The van der Waals surface area contributed by atoms with Crippen molar-refractivity contribution in [3.8, 4) is 0 Å². The molecule has 106 valence electrons. The van der Waals surface area contributed by atoms with Crippen LogP contribution in [-0.4, -0.2) is 33.8 Å². The minimum absolute atomic E-state index is 0.0844. The number of nitrogen functional groups attached to an aromatic ring is 1. The summed E-state index contributed by atoms with van der Waals surface area (Å²) in [4.78, 5) is 11.9. The van der Waals surface area contributed by atoms with Gasteiger partial charge in [0.05, 0.1) is 17.3 Å². The maximum Gasteiger partial charge on any atom is 0.316 e. The summed E-state index contributed by atoms with van der Waals surface area (Å²) >= 11 is 1.14. The zero-order chi connectivity index (χ0) is 14.5. The molecule has 0 radical (unpaired) electrons. The second kappa shape index (κ2) is 6.78. The quantitative estimate of drug-likeness (QED) is 0.459. The molecule has 0 amide bonds. The lowest BCUT2D eigenvalue weighted by Gasteiger charge is -2.08. The average Bonchev–Trinajstić information content (AvgIpc) is 2.38. The fraction of sp³-hybridized carbons (Fsp3) is 0.364. The van der Waals surface area contributed by atoms with E-state index >= 15 is 0 Å². The molecule has 8 heteroatoms. The number of benzene rings is 1. The van der Waals surface area contributed by atoms with Crippen LogP contribution in [0.5, 0.6) is 0 Å². The maximum atomic E-state index is 11.7. The van der Waals surface area contributed by atoms with Gasteiger partial charge in [0.1, 0.15) is 0 Å². The predicted molar refractivity (Wildman–Crippen MR) is 74.5 cm³/mol. The molecule has 0 fully saturated rings. The van der Waals surface area contributed by atoms with Crippen molar-refractivity contribution in [1.29, 1.82) is 0 Å². The summed E-state index contributed by atoms with van der Waals surface area (Å²) in [5.74, 6) is -0.282. The number of carbonyl (C=O) groups is 1. The van der Waals surface area contributed by atoms with Gasteiger partial charge in [0, 0.05) is 10.6 Å². The van der Waals surface area contributed by atoms with Gasteiger partial charge in [0.15, 0.2) is 0 Å². The molecule has 1 aromatic rings. The smallest absolute Gasteiger partial charge is 0.316 e. The lowest BCUT2D eigenvalue weighted by Crippen LogP contribution is -2.18. The molecule has 6 nitrogen and oxygen atoms in total. The first kappa shape index (κ1) is 15.8. The number of rotatable bonds is 6.